The minimum atomic E-state index is -0.267. The van der Waals surface area contributed by atoms with Crippen molar-refractivity contribution in [1.29, 1.82) is 5.26 Å². The number of furan rings is 1. The summed E-state index contributed by atoms with van der Waals surface area (Å²) in [4.78, 5) is 19.1. The number of nitriles is 1. The molecule has 8 heteroatoms. The first-order valence-electron chi connectivity index (χ1n) is 10.7. The Morgan fingerprint density at radius 2 is 2.09 bits per heavy atom. The quantitative estimate of drug-likeness (QED) is 0.629. The van der Waals surface area contributed by atoms with Crippen molar-refractivity contribution in [1.82, 2.24) is 15.6 Å². The molecule has 1 aromatic carbocycles. The van der Waals surface area contributed by atoms with Crippen LogP contribution in [0.3, 0.4) is 0 Å². The maximum Gasteiger partial charge on any atom is 0.315 e. The maximum atomic E-state index is 12.6. The van der Waals surface area contributed by atoms with Gasteiger partial charge in [-0.1, -0.05) is 0 Å². The van der Waals surface area contributed by atoms with Gasteiger partial charge in [0.1, 0.15) is 29.0 Å². The molecule has 0 saturated carbocycles. The Bertz CT molecular complexity index is 1140. The minimum Gasteiger partial charge on any atom is -0.497 e. The molecule has 2 N–H and O–H groups in total. The van der Waals surface area contributed by atoms with Crippen LogP contribution in [0.15, 0.2) is 40.9 Å². The van der Waals surface area contributed by atoms with Crippen molar-refractivity contribution in [2.24, 2.45) is 0 Å². The average molecular weight is 434 g/mol. The van der Waals surface area contributed by atoms with Crippen LogP contribution < -0.4 is 20.3 Å². The second-order valence-corrected chi connectivity index (χ2v) is 8.07. The second kappa shape index (κ2) is 9.18. The predicted octanol–water partition coefficient (Wildman–Crippen LogP) is 4.05. The Hall–Kier alpha value is -3.73. The lowest BCUT2D eigenvalue weighted by Gasteiger charge is -2.33. The normalized spacial score (nSPS) is 15.2. The Kier molecular flexibility index (Phi) is 6.17. The highest BCUT2D eigenvalue weighted by atomic mass is 16.5. The number of urea groups is 1. The molecule has 1 unspecified atom stereocenters. The molecular formula is C24H27N5O3. The van der Waals surface area contributed by atoms with Crippen LogP contribution in [0.1, 0.15) is 42.7 Å². The van der Waals surface area contributed by atoms with Gasteiger partial charge in [0.25, 0.3) is 0 Å². The van der Waals surface area contributed by atoms with E-state index in [9.17, 15) is 4.79 Å². The number of pyridine rings is 1. The van der Waals surface area contributed by atoms with Gasteiger partial charge in [-0.3, -0.25) is 0 Å². The molecule has 1 atom stereocenters. The van der Waals surface area contributed by atoms with Crippen LogP contribution in [0.25, 0.3) is 11.0 Å². The van der Waals surface area contributed by atoms with Gasteiger partial charge >= 0.3 is 6.03 Å². The van der Waals surface area contributed by atoms with Crippen molar-refractivity contribution in [3.05, 3.63) is 53.4 Å². The Morgan fingerprint density at radius 1 is 1.31 bits per heavy atom. The van der Waals surface area contributed by atoms with E-state index in [4.69, 9.17) is 14.4 Å². The number of methoxy groups -OCH3 is 1. The molecule has 3 aromatic rings. The summed E-state index contributed by atoms with van der Waals surface area (Å²) in [5, 5.41) is 16.0. The van der Waals surface area contributed by atoms with Crippen molar-refractivity contribution >= 4 is 22.8 Å². The number of rotatable bonds is 5. The number of hydrogen-bond acceptors (Lipinski definition) is 6. The first kappa shape index (κ1) is 21.5. The predicted molar refractivity (Wildman–Crippen MR) is 122 cm³/mol. The number of nitrogens with one attached hydrogen (secondary N) is 2. The number of nitrogens with zero attached hydrogens (tertiary/aromatic N) is 3. The first-order valence-corrected chi connectivity index (χ1v) is 10.7. The van der Waals surface area contributed by atoms with Gasteiger partial charge in [-0.25, -0.2) is 9.78 Å². The number of aryl methyl sites for hydroxylation is 1. The summed E-state index contributed by atoms with van der Waals surface area (Å²) in [5.41, 5.74) is 2.32. The molecule has 1 fully saturated rings. The molecule has 0 aliphatic carbocycles. The number of aromatic nitrogens is 1. The number of hydrogen-bond donors (Lipinski definition) is 2. The standard InChI is InChI=1S/C24H27N5O3/c1-15-20-12-19(31-3)5-6-21(20)32-23(15)16(2)27-24(30)28-18-8-10-29(11-9-18)22-7-4-17(13-25)14-26-22/h4-7,12,14,16,18H,8-11H2,1-3H3,(H2,27,28,30). The molecule has 2 amide bonds. The summed E-state index contributed by atoms with van der Waals surface area (Å²) in [6.07, 6.45) is 3.24. The maximum absolute atomic E-state index is 12.6. The Balaban J connectivity index is 1.32. The van der Waals surface area contributed by atoms with Gasteiger partial charge in [0.2, 0.25) is 0 Å². The molecule has 0 radical (unpaired) electrons. The fraction of sp³-hybridized carbons (Fsp3) is 0.375. The van der Waals surface area contributed by atoms with E-state index in [2.05, 4.69) is 26.6 Å². The number of amides is 2. The smallest absolute Gasteiger partial charge is 0.315 e. The summed E-state index contributed by atoms with van der Waals surface area (Å²) in [6.45, 7) is 5.50. The molecule has 2 aromatic heterocycles. The number of benzene rings is 1. The highest BCUT2D eigenvalue weighted by Crippen LogP contribution is 2.32. The van der Waals surface area contributed by atoms with Crippen molar-refractivity contribution in [3.8, 4) is 11.8 Å². The van der Waals surface area contributed by atoms with E-state index in [0.717, 1.165) is 59.8 Å². The first-order chi connectivity index (χ1) is 15.5. The van der Waals surface area contributed by atoms with Crippen molar-refractivity contribution < 1.29 is 13.9 Å². The lowest BCUT2D eigenvalue weighted by molar-refractivity contribution is 0.230. The van der Waals surface area contributed by atoms with E-state index in [1.165, 1.54) is 0 Å². The SMILES string of the molecule is COc1ccc2oc(C(C)NC(=O)NC3CCN(c4ccc(C#N)cn4)CC3)c(C)c2c1. The number of piperidine rings is 1. The molecule has 1 saturated heterocycles. The summed E-state index contributed by atoms with van der Waals surface area (Å²) in [5.74, 6) is 2.37. The fourth-order valence-electron chi connectivity index (χ4n) is 4.14. The van der Waals surface area contributed by atoms with Gasteiger partial charge in [0.05, 0.1) is 18.7 Å². The van der Waals surface area contributed by atoms with Gasteiger partial charge < -0.3 is 24.7 Å². The zero-order valence-corrected chi connectivity index (χ0v) is 18.5. The van der Waals surface area contributed by atoms with Gasteiger partial charge in [-0.05, 0) is 57.0 Å². The lowest BCUT2D eigenvalue weighted by Crippen LogP contribution is -2.48. The second-order valence-electron chi connectivity index (χ2n) is 8.07. The molecule has 32 heavy (non-hydrogen) atoms. The molecule has 0 spiro atoms. The van der Waals surface area contributed by atoms with Gasteiger partial charge in [0.15, 0.2) is 0 Å². The van der Waals surface area contributed by atoms with E-state index in [1.54, 1.807) is 19.4 Å². The van der Waals surface area contributed by atoms with Gasteiger partial charge in [-0.15, -0.1) is 0 Å². The molecule has 3 heterocycles. The zero-order valence-electron chi connectivity index (χ0n) is 18.5. The fourth-order valence-corrected chi connectivity index (χ4v) is 4.14. The third-order valence-corrected chi connectivity index (χ3v) is 5.95. The van der Waals surface area contributed by atoms with Crippen LogP contribution in [0.5, 0.6) is 5.75 Å². The van der Waals surface area contributed by atoms with E-state index < -0.39 is 0 Å². The molecule has 8 nitrogen and oxygen atoms in total. The lowest BCUT2D eigenvalue weighted by atomic mass is 10.1. The topological polar surface area (TPSA) is 103 Å². The van der Waals surface area contributed by atoms with Crippen LogP contribution in [-0.4, -0.2) is 37.3 Å². The summed E-state index contributed by atoms with van der Waals surface area (Å²) >= 11 is 0. The number of anilines is 1. The van der Waals surface area contributed by atoms with E-state index >= 15 is 0 Å². The molecule has 166 valence electrons. The Labute approximate surface area is 187 Å². The van der Waals surface area contributed by atoms with E-state index in [0.29, 0.717) is 5.56 Å². The highest BCUT2D eigenvalue weighted by Gasteiger charge is 2.23. The third-order valence-electron chi connectivity index (χ3n) is 5.95. The minimum absolute atomic E-state index is 0.0952. The van der Waals surface area contributed by atoms with Crippen LogP contribution >= 0.6 is 0 Å². The number of fused-ring (bicyclic) bond motifs is 1. The number of carbonyl (C=O) groups is 1. The van der Waals surface area contributed by atoms with Crippen LogP contribution in [-0.2, 0) is 0 Å². The van der Waals surface area contributed by atoms with Gasteiger partial charge in [-0.2, -0.15) is 5.26 Å². The summed E-state index contributed by atoms with van der Waals surface area (Å²) in [6, 6.07) is 11.0. The van der Waals surface area contributed by atoms with Crippen LogP contribution in [0.4, 0.5) is 10.6 Å². The number of carbonyl (C=O) groups excluding carboxylic acids is 1. The van der Waals surface area contributed by atoms with Crippen LogP contribution in [0, 0.1) is 18.3 Å². The Morgan fingerprint density at radius 3 is 2.75 bits per heavy atom. The summed E-state index contributed by atoms with van der Waals surface area (Å²) < 4.78 is 11.3. The molecular weight excluding hydrogens is 406 g/mol. The van der Waals surface area contributed by atoms with E-state index in [1.807, 2.05) is 38.1 Å². The largest absolute Gasteiger partial charge is 0.497 e. The summed E-state index contributed by atoms with van der Waals surface area (Å²) in [7, 11) is 1.64. The zero-order chi connectivity index (χ0) is 22.7. The van der Waals surface area contributed by atoms with Crippen molar-refractivity contribution in [2.75, 3.05) is 25.1 Å². The van der Waals surface area contributed by atoms with Crippen LogP contribution in [0.2, 0.25) is 0 Å². The van der Waals surface area contributed by atoms with Gasteiger partial charge in [0, 0.05) is 36.3 Å². The van der Waals surface area contributed by atoms with E-state index in [-0.39, 0.29) is 18.1 Å². The molecule has 0 bridgehead atoms. The van der Waals surface area contributed by atoms with Crippen molar-refractivity contribution in [2.45, 2.75) is 38.8 Å². The average Bonchev–Trinajstić information content (AvgIpc) is 3.15. The number of ether oxygens (including phenoxy) is 1. The monoisotopic (exact) mass is 433 g/mol. The van der Waals surface area contributed by atoms with Crippen molar-refractivity contribution in [3.63, 3.8) is 0 Å². The molecule has 1 aliphatic heterocycles. The highest BCUT2D eigenvalue weighted by molar-refractivity contribution is 5.84. The molecule has 1 aliphatic rings. The third kappa shape index (κ3) is 4.47. The molecule has 4 rings (SSSR count).